The molecule has 0 aliphatic carbocycles. The van der Waals surface area contributed by atoms with Gasteiger partial charge in [-0.3, -0.25) is 4.79 Å². The lowest BCUT2D eigenvalue weighted by atomic mass is 9.78. The molecule has 0 radical (unpaired) electrons. The van der Waals surface area contributed by atoms with Gasteiger partial charge in [-0.25, -0.2) is 0 Å². The first-order valence-electron chi connectivity index (χ1n) is 12.3. The number of ether oxygens (including phenoxy) is 2. The topological polar surface area (TPSA) is 116 Å². The Bertz CT molecular complexity index is 703. The van der Waals surface area contributed by atoms with Crippen LogP contribution in [0.1, 0.15) is 60.5 Å². The highest BCUT2D eigenvalue weighted by Crippen LogP contribution is 2.28. The van der Waals surface area contributed by atoms with E-state index in [1.54, 1.807) is 41.5 Å². The summed E-state index contributed by atoms with van der Waals surface area (Å²) < 4.78 is 10.9. The third kappa shape index (κ3) is 9.62. The average Bonchev–Trinajstić information content (AvgIpc) is 2.80. The molecule has 0 aromatic heterocycles. The van der Waals surface area contributed by atoms with Gasteiger partial charge in [-0.15, -0.1) is 0 Å². The monoisotopic (exact) mass is 482 g/mol. The van der Waals surface area contributed by atoms with E-state index in [0.717, 1.165) is 5.56 Å². The van der Waals surface area contributed by atoms with E-state index in [1.165, 1.54) is 0 Å². The highest BCUT2D eigenvalue weighted by Gasteiger charge is 2.36. The number of carbonyl (C=O) groups excluding carboxylic acids is 1. The summed E-state index contributed by atoms with van der Waals surface area (Å²) in [6, 6.07) is 9.77. The van der Waals surface area contributed by atoms with Crippen molar-refractivity contribution in [1.82, 2.24) is 0 Å². The number of rotatable bonds is 14. The van der Waals surface area contributed by atoms with Crippen molar-refractivity contribution in [2.45, 2.75) is 85.9 Å². The lowest BCUT2D eigenvalue weighted by molar-refractivity contribution is -0.154. The van der Waals surface area contributed by atoms with Gasteiger partial charge in [-0.1, -0.05) is 58.0 Å². The summed E-state index contributed by atoms with van der Waals surface area (Å²) in [5.74, 6) is -2.19. The normalized spacial score (nSPS) is 19.4. The zero-order valence-electron chi connectivity index (χ0n) is 21.8. The lowest BCUT2D eigenvalue weighted by Crippen LogP contribution is -2.45. The highest BCUT2D eigenvalue weighted by atomic mass is 16.5. The van der Waals surface area contributed by atoms with Crippen molar-refractivity contribution < 1.29 is 34.7 Å². The minimum Gasteiger partial charge on any atom is -0.465 e. The molecular formula is C27H46O7. The average molecular weight is 483 g/mol. The van der Waals surface area contributed by atoms with E-state index in [-0.39, 0.29) is 24.9 Å². The maximum atomic E-state index is 11.9. The van der Waals surface area contributed by atoms with Gasteiger partial charge < -0.3 is 29.9 Å². The van der Waals surface area contributed by atoms with E-state index in [9.17, 15) is 25.2 Å². The molecule has 196 valence electrons. The van der Waals surface area contributed by atoms with Gasteiger partial charge in [0.15, 0.2) is 0 Å². The Morgan fingerprint density at radius 3 is 1.94 bits per heavy atom. The van der Waals surface area contributed by atoms with Crippen LogP contribution in [0.2, 0.25) is 0 Å². The first-order chi connectivity index (χ1) is 15.8. The number of hydrogen-bond acceptors (Lipinski definition) is 7. The van der Waals surface area contributed by atoms with Gasteiger partial charge in [0.05, 0.1) is 49.7 Å². The SMILES string of the molecule is C[C@H]([C@H](O)[C@H](C)[C@@H](O)[C@@H](C)COCc1ccccc1)[C@H](O)[C@H](C)[C@@H](O)CCOC(=O)C(C)(C)C. The summed E-state index contributed by atoms with van der Waals surface area (Å²) in [4.78, 5) is 11.9. The Morgan fingerprint density at radius 2 is 1.38 bits per heavy atom. The molecule has 8 atom stereocenters. The van der Waals surface area contributed by atoms with Crippen molar-refractivity contribution in [3.05, 3.63) is 35.9 Å². The van der Waals surface area contributed by atoms with Crippen molar-refractivity contribution in [3.8, 4) is 0 Å². The Labute approximate surface area is 205 Å². The third-order valence-corrected chi connectivity index (χ3v) is 6.63. The molecule has 0 heterocycles. The summed E-state index contributed by atoms with van der Waals surface area (Å²) in [5.41, 5.74) is 0.435. The van der Waals surface area contributed by atoms with Crippen molar-refractivity contribution in [3.63, 3.8) is 0 Å². The molecule has 0 amide bonds. The maximum Gasteiger partial charge on any atom is 0.311 e. The van der Waals surface area contributed by atoms with Crippen molar-refractivity contribution >= 4 is 5.97 Å². The second-order valence-electron chi connectivity index (χ2n) is 10.8. The molecule has 7 nitrogen and oxygen atoms in total. The molecular weight excluding hydrogens is 436 g/mol. The number of esters is 1. The summed E-state index contributed by atoms with van der Waals surface area (Å²) in [7, 11) is 0. The van der Waals surface area contributed by atoms with Crippen LogP contribution >= 0.6 is 0 Å². The fourth-order valence-corrected chi connectivity index (χ4v) is 3.89. The molecule has 34 heavy (non-hydrogen) atoms. The smallest absolute Gasteiger partial charge is 0.311 e. The van der Waals surface area contributed by atoms with E-state index >= 15 is 0 Å². The molecule has 0 aliphatic rings. The predicted octanol–water partition coefficient (Wildman–Crippen LogP) is 3.17. The minimum absolute atomic E-state index is 0.0564. The second kappa shape index (κ2) is 14.1. The molecule has 1 aromatic rings. The second-order valence-corrected chi connectivity index (χ2v) is 10.8. The summed E-state index contributed by atoms with van der Waals surface area (Å²) in [6.45, 7) is 13.1. The van der Waals surface area contributed by atoms with Crippen molar-refractivity contribution in [2.24, 2.45) is 29.1 Å². The zero-order valence-corrected chi connectivity index (χ0v) is 21.8. The van der Waals surface area contributed by atoms with Crippen LogP contribution in [0.5, 0.6) is 0 Å². The Kier molecular flexibility index (Phi) is 12.7. The maximum absolute atomic E-state index is 11.9. The zero-order chi connectivity index (χ0) is 26.1. The number of aliphatic hydroxyl groups excluding tert-OH is 4. The molecule has 4 N–H and O–H groups in total. The van der Waals surface area contributed by atoms with Crippen LogP contribution in [-0.2, 0) is 20.9 Å². The lowest BCUT2D eigenvalue weighted by Gasteiger charge is -2.36. The van der Waals surface area contributed by atoms with Crippen LogP contribution in [-0.4, -0.2) is 64.0 Å². The van der Waals surface area contributed by atoms with Crippen LogP contribution in [0.25, 0.3) is 0 Å². The van der Waals surface area contributed by atoms with Gasteiger partial charge in [0.1, 0.15) is 0 Å². The van der Waals surface area contributed by atoms with Crippen LogP contribution in [0.15, 0.2) is 30.3 Å². The van der Waals surface area contributed by atoms with E-state index < -0.39 is 47.6 Å². The van der Waals surface area contributed by atoms with Gasteiger partial charge in [0, 0.05) is 30.1 Å². The predicted molar refractivity (Wildman–Crippen MR) is 132 cm³/mol. The fraction of sp³-hybridized carbons (Fsp3) is 0.741. The quantitative estimate of drug-likeness (QED) is 0.301. The Morgan fingerprint density at radius 1 is 0.853 bits per heavy atom. The Hall–Kier alpha value is -1.51. The van der Waals surface area contributed by atoms with Gasteiger partial charge in [0.2, 0.25) is 0 Å². The number of carbonyl (C=O) groups is 1. The van der Waals surface area contributed by atoms with Crippen LogP contribution in [0.3, 0.4) is 0 Å². The van der Waals surface area contributed by atoms with Crippen molar-refractivity contribution in [2.75, 3.05) is 13.2 Å². The third-order valence-electron chi connectivity index (χ3n) is 6.63. The molecule has 0 saturated heterocycles. The molecule has 0 bridgehead atoms. The van der Waals surface area contributed by atoms with Gasteiger partial charge in [-0.05, 0) is 26.3 Å². The molecule has 0 saturated carbocycles. The first kappa shape index (κ1) is 30.5. The standard InChI is InChI=1S/C27H46O7/c1-17(15-33-16-21-11-9-8-10-12-21)23(29)19(3)25(31)20(4)24(30)18(2)22(28)13-14-34-26(32)27(5,6)7/h8-12,17-20,22-25,28-31H,13-16H2,1-7H3/t17-,18+,19+,20-,22-,23-,24+,25+/m0/s1. The highest BCUT2D eigenvalue weighted by molar-refractivity contribution is 5.75. The van der Waals surface area contributed by atoms with E-state index in [4.69, 9.17) is 9.47 Å². The molecule has 0 fully saturated rings. The minimum atomic E-state index is -0.998. The summed E-state index contributed by atoms with van der Waals surface area (Å²) >= 11 is 0. The van der Waals surface area contributed by atoms with Crippen LogP contribution in [0.4, 0.5) is 0 Å². The number of hydrogen-bond donors (Lipinski definition) is 4. The number of aliphatic hydroxyl groups is 4. The largest absolute Gasteiger partial charge is 0.465 e. The van der Waals surface area contributed by atoms with Gasteiger partial charge in [-0.2, -0.15) is 0 Å². The molecule has 0 aliphatic heterocycles. The Balaban J connectivity index is 2.52. The first-order valence-corrected chi connectivity index (χ1v) is 12.3. The molecule has 7 heteroatoms. The van der Waals surface area contributed by atoms with Crippen molar-refractivity contribution in [1.29, 1.82) is 0 Å². The van der Waals surface area contributed by atoms with Crippen LogP contribution in [0, 0.1) is 29.1 Å². The fourth-order valence-electron chi connectivity index (χ4n) is 3.89. The summed E-state index contributed by atoms with van der Waals surface area (Å²) in [5, 5.41) is 42.8. The number of benzene rings is 1. The molecule has 0 spiro atoms. The van der Waals surface area contributed by atoms with Crippen LogP contribution < -0.4 is 0 Å². The van der Waals surface area contributed by atoms with Gasteiger partial charge >= 0.3 is 5.97 Å². The molecule has 0 unspecified atom stereocenters. The van der Waals surface area contributed by atoms with E-state index in [2.05, 4.69) is 0 Å². The molecule has 1 aromatic carbocycles. The van der Waals surface area contributed by atoms with E-state index in [0.29, 0.717) is 13.2 Å². The van der Waals surface area contributed by atoms with Gasteiger partial charge in [0.25, 0.3) is 0 Å². The van der Waals surface area contributed by atoms with E-state index in [1.807, 2.05) is 37.3 Å². The summed E-state index contributed by atoms with van der Waals surface area (Å²) in [6.07, 6.45) is -3.51. The molecule has 1 rings (SSSR count).